The van der Waals surface area contributed by atoms with E-state index in [1.807, 2.05) is 0 Å². The smallest absolute Gasteiger partial charge is 0.00722 e. The third-order valence-corrected chi connectivity index (χ3v) is 4.81. The Balaban J connectivity index is 1.77. The molecule has 2 aliphatic carbocycles. The minimum Gasteiger partial charge on any atom is -0.311 e. The highest BCUT2D eigenvalue weighted by Crippen LogP contribution is 2.49. The molecular weight excluding hydrogens is 194 g/mol. The minimum atomic E-state index is 0.689. The Labute approximate surface area is 101 Å². The van der Waals surface area contributed by atoms with Crippen LogP contribution in [0, 0.1) is 23.7 Å². The second-order valence-electron chi connectivity index (χ2n) is 6.82. The van der Waals surface area contributed by atoms with Crippen LogP contribution in [-0.4, -0.2) is 12.1 Å². The molecule has 16 heavy (non-hydrogen) atoms. The number of rotatable bonds is 5. The normalized spacial score (nSPS) is 36.9. The van der Waals surface area contributed by atoms with Crippen molar-refractivity contribution in [1.29, 1.82) is 0 Å². The van der Waals surface area contributed by atoms with Crippen LogP contribution in [0.5, 0.6) is 0 Å². The van der Waals surface area contributed by atoms with Gasteiger partial charge < -0.3 is 5.32 Å². The summed E-state index contributed by atoms with van der Waals surface area (Å²) in [6, 6.07) is 1.43. The molecule has 0 aromatic rings. The summed E-state index contributed by atoms with van der Waals surface area (Å²) in [7, 11) is 0. The summed E-state index contributed by atoms with van der Waals surface area (Å²) < 4.78 is 0. The summed E-state index contributed by atoms with van der Waals surface area (Å²) in [6.07, 6.45) is 7.39. The van der Waals surface area contributed by atoms with Crippen molar-refractivity contribution in [2.24, 2.45) is 23.7 Å². The maximum absolute atomic E-state index is 3.84. The van der Waals surface area contributed by atoms with E-state index in [1.54, 1.807) is 0 Å². The average molecular weight is 223 g/mol. The Hall–Kier alpha value is -0.0400. The first-order valence-corrected chi connectivity index (χ1v) is 7.32. The maximum Gasteiger partial charge on any atom is 0.00722 e. The van der Waals surface area contributed by atoms with Crippen LogP contribution in [0.2, 0.25) is 0 Å². The molecule has 94 valence electrons. The fourth-order valence-electron chi connectivity index (χ4n) is 4.25. The standard InChI is InChI=1S/C15H29N/c1-10(2)7-11(3)16-12(4)15-9-13-5-6-14(15)8-13/h10-16H,5-9H2,1-4H3. The molecule has 1 heteroatoms. The Morgan fingerprint density at radius 1 is 1.06 bits per heavy atom. The van der Waals surface area contributed by atoms with Gasteiger partial charge in [-0.25, -0.2) is 0 Å². The molecular formula is C15H29N. The summed E-state index contributed by atoms with van der Waals surface area (Å²) in [5.41, 5.74) is 0. The summed E-state index contributed by atoms with van der Waals surface area (Å²) in [5, 5.41) is 3.84. The molecule has 0 amide bonds. The van der Waals surface area contributed by atoms with Crippen molar-refractivity contribution in [2.45, 2.75) is 71.9 Å². The summed E-state index contributed by atoms with van der Waals surface area (Å²) in [6.45, 7) is 9.41. The van der Waals surface area contributed by atoms with Crippen LogP contribution >= 0.6 is 0 Å². The molecule has 0 aliphatic heterocycles. The van der Waals surface area contributed by atoms with E-state index in [9.17, 15) is 0 Å². The predicted molar refractivity (Wildman–Crippen MR) is 70.5 cm³/mol. The second kappa shape index (κ2) is 5.08. The zero-order valence-electron chi connectivity index (χ0n) is 11.5. The van der Waals surface area contributed by atoms with Crippen molar-refractivity contribution in [3.63, 3.8) is 0 Å². The zero-order chi connectivity index (χ0) is 11.7. The van der Waals surface area contributed by atoms with Crippen molar-refractivity contribution in [2.75, 3.05) is 0 Å². The van der Waals surface area contributed by atoms with E-state index in [2.05, 4.69) is 33.0 Å². The largest absolute Gasteiger partial charge is 0.311 e. The Kier molecular flexibility index (Phi) is 3.94. The van der Waals surface area contributed by atoms with Crippen LogP contribution in [0.15, 0.2) is 0 Å². The van der Waals surface area contributed by atoms with Gasteiger partial charge >= 0.3 is 0 Å². The summed E-state index contributed by atoms with van der Waals surface area (Å²) in [4.78, 5) is 0. The van der Waals surface area contributed by atoms with E-state index in [4.69, 9.17) is 0 Å². The lowest BCUT2D eigenvalue weighted by Gasteiger charge is -2.31. The summed E-state index contributed by atoms with van der Waals surface area (Å²) in [5.74, 6) is 3.93. The van der Waals surface area contributed by atoms with Crippen molar-refractivity contribution in [1.82, 2.24) is 5.32 Å². The Morgan fingerprint density at radius 2 is 1.81 bits per heavy atom. The highest BCUT2D eigenvalue weighted by Gasteiger charge is 2.41. The van der Waals surface area contributed by atoms with E-state index in [1.165, 1.54) is 32.1 Å². The van der Waals surface area contributed by atoms with Gasteiger partial charge in [0, 0.05) is 12.1 Å². The van der Waals surface area contributed by atoms with Crippen LogP contribution in [0.4, 0.5) is 0 Å². The molecule has 0 heterocycles. The SMILES string of the molecule is CC(C)CC(C)NC(C)C1CC2CCC1C2. The maximum atomic E-state index is 3.84. The van der Waals surface area contributed by atoms with Crippen molar-refractivity contribution < 1.29 is 0 Å². The fourth-order valence-corrected chi connectivity index (χ4v) is 4.25. The van der Waals surface area contributed by atoms with Crippen molar-refractivity contribution >= 4 is 0 Å². The second-order valence-corrected chi connectivity index (χ2v) is 6.82. The van der Waals surface area contributed by atoms with Crippen LogP contribution < -0.4 is 5.32 Å². The third kappa shape index (κ3) is 2.80. The first kappa shape index (κ1) is 12.4. The van der Waals surface area contributed by atoms with E-state index in [-0.39, 0.29) is 0 Å². The van der Waals surface area contributed by atoms with Gasteiger partial charge in [0.05, 0.1) is 0 Å². The number of fused-ring (bicyclic) bond motifs is 2. The highest BCUT2D eigenvalue weighted by molar-refractivity contribution is 4.94. The van der Waals surface area contributed by atoms with Crippen LogP contribution in [0.3, 0.4) is 0 Å². The average Bonchev–Trinajstić information content (AvgIpc) is 2.76. The molecule has 2 rings (SSSR count). The van der Waals surface area contributed by atoms with Gasteiger partial charge in [-0.15, -0.1) is 0 Å². The lowest BCUT2D eigenvalue weighted by Crippen LogP contribution is -2.41. The number of nitrogens with one attached hydrogen (secondary N) is 1. The monoisotopic (exact) mass is 223 g/mol. The Morgan fingerprint density at radius 3 is 2.31 bits per heavy atom. The van der Waals surface area contributed by atoms with E-state index in [0.717, 1.165) is 29.7 Å². The molecule has 0 aromatic heterocycles. The molecule has 0 aromatic carbocycles. The quantitative estimate of drug-likeness (QED) is 0.747. The van der Waals surface area contributed by atoms with Gasteiger partial charge in [-0.05, 0) is 63.2 Å². The molecule has 2 aliphatic rings. The number of hydrogen-bond donors (Lipinski definition) is 1. The summed E-state index contributed by atoms with van der Waals surface area (Å²) >= 11 is 0. The van der Waals surface area contributed by atoms with E-state index in [0.29, 0.717) is 6.04 Å². The molecule has 5 atom stereocenters. The van der Waals surface area contributed by atoms with Gasteiger partial charge in [-0.1, -0.05) is 20.3 Å². The van der Waals surface area contributed by atoms with Crippen LogP contribution in [0.1, 0.15) is 59.8 Å². The lowest BCUT2D eigenvalue weighted by molar-refractivity contribution is 0.240. The van der Waals surface area contributed by atoms with Gasteiger partial charge in [-0.3, -0.25) is 0 Å². The molecule has 5 unspecified atom stereocenters. The topological polar surface area (TPSA) is 12.0 Å². The molecule has 1 nitrogen and oxygen atoms in total. The first-order valence-electron chi connectivity index (χ1n) is 7.32. The third-order valence-electron chi connectivity index (χ3n) is 4.81. The minimum absolute atomic E-state index is 0.689. The van der Waals surface area contributed by atoms with Crippen LogP contribution in [-0.2, 0) is 0 Å². The first-order chi connectivity index (χ1) is 7.56. The molecule has 2 saturated carbocycles. The molecule has 0 spiro atoms. The van der Waals surface area contributed by atoms with Gasteiger partial charge in [0.15, 0.2) is 0 Å². The van der Waals surface area contributed by atoms with Gasteiger partial charge in [0.1, 0.15) is 0 Å². The van der Waals surface area contributed by atoms with Crippen molar-refractivity contribution in [3.05, 3.63) is 0 Å². The van der Waals surface area contributed by atoms with Crippen molar-refractivity contribution in [3.8, 4) is 0 Å². The van der Waals surface area contributed by atoms with Gasteiger partial charge in [0.25, 0.3) is 0 Å². The zero-order valence-corrected chi connectivity index (χ0v) is 11.5. The predicted octanol–water partition coefficient (Wildman–Crippen LogP) is 3.84. The number of hydrogen-bond acceptors (Lipinski definition) is 1. The van der Waals surface area contributed by atoms with Crippen LogP contribution in [0.25, 0.3) is 0 Å². The highest BCUT2D eigenvalue weighted by atomic mass is 14.9. The molecule has 0 saturated heterocycles. The van der Waals surface area contributed by atoms with Gasteiger partial charge in [0.2, 0.25) is 0 Å². The molecule has 1 N–H and O–H groups in total. The van der Waals surface area contributed by atoms with Gasteiger partial charge in [-0.2, -0.15) is 0 Å². The Bertz CT molecular complexity index is 223. The lowest BCUT2D eigenvalue weighted by atomic mass is 9.83. The molecule has 2 fully saturated rings. The van der Waals surface area contributed by atoms with E-state index >= 15 is 0 Å². The van der Waals surface area contributed by atoms with E-state index < -0.39 is 0 Å². The molecule has 0 radical (unpaired) electrons. The fraction of sp³-hybridized carbons (Fsp3) is 1.00. The molecule has 2 bridgehead atoms.